The number of hydrogen-bond acceptors (Lipinski definition) is 4. The van der Waals surface area contributed by atoms with Crippen molar-refractivity contribution >= 4 is 29.1 Å². The van der Waals surface area contributed by atoms with Crippen LogP contribution in [0.25, 0.3) is 0 Å². The first-order valence-electron chi connectivity index (χ1n) is 8.79. The molecule has 0 heterocycles. The van der Waals surface area contributed by atoms with Crippen molar-refractivity contribution in [2.24, 2.45) is 5.73 Å². The summed E-state index contributed by atoms with van der Waals surface area (Å²) in [4.78, 5) is 26.0. The highest BCUT2D eigenvalue weighted by Gasteiger charge is 2.12. The lowest BCUT2D eigenvalue weighted by atomic mass is 10.1. The number of nitrogens with one attached hydrogen (secondary N) is 1. The zero-order valence-corrected chi connectivity index (χ0v) is 16.3. The van der Waals surface area contributed by atoms with E-state index in [0.717, 1.165) is 5.56 Å². The standard InChI is InChI=1S/C20H24ClN3O3/c1-3-24(4-2)19(25)13-27-18-10-9-16(11-17(18)21)23-20(26)15-7-5-14(12-22)6-8-15/h5-11H,3-4,12-13,22H2,1-2H3,(H,23,26). The molecule has 7 heteroatoms. The Hall–Kier alpha value is -2.57. The Morgan fingerprint density at radius 2 is 1.78 bits per heavy atom. The van der Waals surface area contributed by atoms with Gasteiger partial charge in [-0.1, -0.05) is 23.7 Å². The average molecular weight is 390 g/mol. The van der Waals surface area contributed by atoms with E-state index in [2.05, 4.69) is 5.32 Å². The molecule has 2 aromatic rings. The molecule has 0 radical (unpaired) electrons. The van der Waals surface area contributed by atoms with Crippen LogP contribution in [0.1, 0.15) is 29.8 Å². The van der Waals surface area contributed by atoms with Crippen molar-refractivity contribution in [3.8, 4) is 5.75 Å². The maximum absolute atomic E-state index is 12.3. The van der Waals surface area contributed by atoms with Gasteiger partial charge in [0.15, 0.2) is 6.61 Å². The topological polar surface area (TPSA) is 84.7 Å². The summed E-state index contributed by atoms with van der Waals surface area (Å²) in [5.41, 5.74) is 7.57. The minimum Gasteiger partial charge on any atom is -0.482 e. The highest BCUT2D eigenvalue weighted by molar-refractivity contribution is 6.32. The zero-order valence-electron chi connectivity index (χ0n) is 15.5. The summed E-state index contributed by atoms with van der Waals surface area (Å²) in [5.74, 6) is 0.0388. The molecule has 0 aromatic heterocycles. The van der Waals surface area contributed by atoms with Crippen molar-refractivity contribution in [1.29, 1.82) is 0 Å². The predicted octanol–water partition coefficient (Wildman–Crippen LogP) is 3.30. The molecule has 2 amide bonds. The number of hydrogen-bond donors (Lipinski definition) is 2. The highest BCUT2D eigenvalue weighted by atomic mass is 35.5. The summed E-state index contributed by atoms with van der Waals surface area (Å²) in [6.07, 6.45) is 0. The Morgan fingerprint density at radius 3 is 2.33 bits per heavy atom. The third kappa shape index (κ3) is 5.70. The fourth-order valence-electron chi connectivity index (χ4n) is 2.50. The van der Waals surface area contributed by atoms with Gasteiger partial charge in [-0.25, -0.2) is 0 Å². The van der Waals surface area contributed by atoms with Crippen molar-refractivity contribution < 1.29 is 14.3 Å². The molecule has 0 saturated heterocycles. The van der Waals surface area contributed by atoms with Crippen molar-refractivity contribution in [1.82, 2.24) is 4.90 Å². The lowest BCUT2D eigenvalue weighted by molar-refractivity contribution is -0.132. The normalized spacial score (nSPS) is 10.4. The van der Waals surface area contributed by atoms with E-state index in [1.165, 1.54) is 0 Å². The third-order valence-corrected chi connectivity index (χ3v) is 4.40. The number of nitrogens with two attached hydrogens (primary N) is 1. The molecule has 3 N–H and O–H groups in total. The first kappa shape index (κ1) is 20.7. The Labute approximate surface area is 164 Å². The maximum atomic E-state index is 12.3. The van der Waals surface area contributed by atoms with Gasteiger partial charge in [-0.05, 0) is 49.7 Å². The van der Waals surface area contributed by atoms with Gasteiger partial charge in [-0.3, -0.25) is 9.59 Å². The second-order valence-corrected chi connectivity index (χ2v) is 6.26. The Kier molecular flexibility index (Phi) is 7.64. The number of anilines is 1. The minimum absolute atomic E-state index is 0.0827. The summed E-state index contributed by atoms with van der Waals surface area (Å²) >= 11 is 6.21. The first-order valence-corrected chi connectivity index (χ1v) is 9.16. The lowest BCUT2D eigenvalue weighted by Gasteiger charge is -2.19. The molecule has 27 heavy (non-hydrogen) atoms. The molecule has 0 fully saturated rings. The molecule has 2 rings (SSSR count). The monoisotopic (exact) mass is 389 g/mol. The Morgan fingerprint density at radius 1 is 1.11 bits per heavy atom. The quantitative estimate of drug-likeness (QED) is 0.725. The summed E-state index contributed by atoms with van der Waals surface area (Å²) in [5, 5.41) is 3.10. The van der Waals surface area contributed by atoms with E-state index in [9.17, 15) is 9.59 Å². The van der Waals surface area contributed by atoms with E-state index >= 15 is 0 Å². The maximum Gasteiger partial charge on any atom is 0.260 e. The van der Waals surface area contributed by atoms with Gasteiger partial charge in [-0.15, -0.1) is 0 Å². The van der Waals surface area contributed by atoms with Gasteiger partial charge in [0.25, 0.3) is 11.8 Å². The number of carbonyl (C=O) groups is 2. The molecule has 0 aliphatic heterocycles. The van der Waals surface area contributed by atoms with E-state index in [1.54, 1.807) is 35.2 Å². The van der Waals surface area contributed by atoms with Gasteiger partial charge < -0.3 is 20.7 Å². The van der Waals surface area contributed by atoms with Crippen LogP contribution in [-0.4, -0.2) is 36.4 Å². The molecule has 0 unspecified atom stereocenters. The lowest BCUT2D eigenvalue weighted by Crippen LogP contribution is -2.34. The Bertz CT molecular complexity index is 790. The van der Waals surface area contributed by atoms with Crippen LogP contribution in [-0.2, 0) is 11.3 Å². The van der Waals surface area contributed by atoms with Gasteiger partial charge in [0, 0.05) is 30.9 Å². The highest BCUT2D eigenvalue weighted by Crippen LogP contribution is 2.28. The molecule has 0 aliphatic rings. The van der Waals surface area contributed by atoms with Crippen molar-refractivity contribution in [2.75, 3.05) is 25.0 Å². The molecule has 0 atom stereocenters. The number of carbonyl (C=O) groups excluding carboxylic acids is 2. The number of ether oxygens (including phenoxy) is 1. The van der Waals surface area contributed by atoms with Gasteiger partial charge in [0.1, 0.15) is 5.75 Å². The second-order valence-electron chi connectivity index (χ2n) is 5.86. The van der Waals surface area contributed by atoms with Crippen LogP contribution in [0, 0.1) is 0 Å². The van der Waals surface area contributed by atoms with Crippen LogP contribution in [0.5, 0.6) is 5.75 Å². The van der Waals surface area contributed by atoms with Gasteiger partial charge in [-0.2, -0.15) is 0 Å². The van der Waals surface area contributed by atoms with Crippen LogP contribution in [0.4, 0.5) is 5.69 Å². The molecule has 6 nitrogen and oxygen atoms in total. The molecule has 2 aromatic carbocycles. The van der Waals surface area contributed by atoms with Crippen LogP contribution in [0.2, 0.25) is 5.02 Å². The number of rotatable bonds is 8. The van der Waals surface area contributed by atoms with Crippen LogP contribution in [0.3, 0.4) is 0 Å². The van der Waals surface area contributed by atoms with Crippen LogP contribution in [0.15, 0.2) is 42.5 Å². The van der Waals surface area contributed by atoms with Crippen LogP contribution >= 0.6 is 11.6 Å². The largest absolute Gasteiger partial charge is 0.482 e. The molecular formula is C20H24ClN3O3. The van der Waals surface area contributed by atoms with Crippen molar-refractivity contribution in [3.63, 3.8) is 0 Å². The molecule has 144 valence electrons. The number of nitrogens with zero attached hydrogens (tertiary/aromatic N) is 1. The van der Waals surface area contributed by atoms with E-state index in [1.807, 2.05) is 26.0 Å². The molecule has 0 aliphatic carbocycles. The van der Waals surface area contributed by atoms with E-state index in [0.29, 0.717) is 41.7 Å². The summed E-state index contributed by atoms with van der Waals surface area (Å²) in [6, 6.07) is 12.0. The van der Waals surface area contributed by atoms with Crippen molar-refractivity contribution in [3.05, 3.63) is 58.6 Å². The predicted molar refractivity (Wildman–Crippen MR) is 107 cm³/mol. The SMILES string of the molecule is CCN(CC)C(=O)COc1ccc(NC(=O)c2ccc(CN)cc2)cc1Cl. The zero-order chi connectivity index (χ0) is 19.8. The van der Waals surface area contributed by atoms with Gasteiger partial charge in [0.05, 0.1) is 5.02 Å². The number of amides is 2. The van der Waals surface area contributed by atoms with E-state index in [-0.39, 0.29) is 18.4 Å². The Balaban J connectivity index is 1.99. The molecule has 0 spiro atoms. The molecular weight excluding hydrogens is 366 g/mol. The number of halogens is 1. The number of likely N-dealkylation sites (N-methyl/N-ethyl adjacent to an activating group) is 1. The molecule has 0 bridgehead atoms. The fourth-order valence-corrected chi connectivity index (χ4v) is 2.73. The van der Waals surface area contributed by atoms with Crippen molar-refractivity contribution in [2.45, 2.75) is 20.4 Å². The fraction of sp³-hybridized carbons (Fsp3) is 0.300. The smallest absolute Gasteiger partial charge is 0.260 e. The second kappa shape index (κ2) is 9.94. The summed E-state index contributed by atoms with van der Waals surface area (Å²) in [6.45, 7) is 5.43. The van der Waals surface area contributed by atoms with E-state index < -0.39 is 0 Å². The third-order valence-electron chi connectivity index (χ3n) is 4.11. The summed E-state index contributed by atoms with van der Waals surface area (Å²) < 4.78 is 5.51. The minimum atomic E-state index is -0.250. The summed E-state index contributed by atoms with van der Waals surface area (Å²) in [7, 11) is 0. The average Bonchev–Trinajstić information content (AvgIpc) is 2.68. The first-order chi connectivity index (χ1) is 13.0. The van der Waals surface area contributed by atoms with Crippen LogP contribution < -0.4 is 15.8 Å². The number of benzene rings is 2. The molecule has 0 saturated carbocycles. The van der Waals surface area contributed by atoms with Gasteiger partial charge in [0.2, 0.25) is 0 Å². The van der Waals surface area contributed by atoms with Gasteiger partial charge >= 0.3 is 0 Å². The van der Waals surface area contributed by atoms with E-state index in [4.69, 9.17) is 22.1 Å².